The molecule has 1 heteroatoms. The molecule has 0 bridgehead atoms. The Hall–Kier alpha value is -1.34. The number of rotatable bonds is 6. The number of unbranched alkanes of at least 4 members (excludes halogenated alkanes) is 1. The minimum atomic E-state index is 0.0103. The number of benzene rings is 1. The van der Waals surface area contributed by atoms with Gasteiger partial charge >= 0.3 is 0 Å². The maximum Gasteiger partial charge on any atom is 0.0380 e. The van der Waals surface area contributed by atoms with Crippen molar-refractivity contribution >= 4 is 0 Å². The van der Waals surface area contributed by atoms with Gasteiger partial charge in [-0.25, -0.2) is 0 Å². The molecule has 0 fully saturated rings. The molecule has 21 heavy (non-hydrogen) atoms. The highest BCUT2D eigenvalue weighted by Crippen LogP contribution is 2.38. The molecule has 1 aliphatic carbocycles. The van der Waals surface area contributed by atoms with E-state index in [1.54, 1.807) is 0 Å². The molecule has 1 aromatic carbocycles. The molecule has 1 aliphatic rings. The van der Waals surface area contributed by atoms with Crippen LogP contribution in [-0.2, 0) is 5.54 Å². The number of allylic oxidation sites excluding steroid dienone is 4. The molecule has 0 saturated carbocycles. The minimum absolute atomic E-state index is 0.0103. The van der Waals surface area contributed by atoms with Crippen molar-refractivity contribution in [2.45, 2.75) is 58.9 Å². The molecule has 0 amide bonds. The molecule has 1 unspecified atom stereocenters. The molecule has 2 rings (SSSR count). The van der Waals surface area contributed by atoms with Crippen molar-refractivity contribution in [3.05, 3.63) is 58.7 Å². The molecule has 0 saturated heterocycles. The lowest BCUT2D eigenvalue weighted by atomic mass is 9.82. The maximum absolute atomic E-state index is 3.73. The lowest BCUT2D eigenvalue weighted by Gasteiger charge is -2.31. The summed E-state index contributed by atoms with van der Waals surface area (Å²) in [7, 11) is 0. The Balaban J connectivity index is 2.31. The van der Waals surface area contributed by atoms with Crippen LogP contribution in [0.1, 0.15) is 64.5 Å². The Kier molecular flexibility index (Phi) is 5.05. The second-order valence-corrected chi connectivity index (χ2v) is 6.70. The van der Waals surface area contributed by atoms with Crippen molar-refractivity contribution in [1.82, 2.24) is 5.32 Å². The van der Waals surface area contributed by atoms with E-state index in [0.29, 0.717) is 5.92 Å². The van der Waals surface area contributed by atoms with Crippen molar-refractivity contribution in [1.29, 1.82) is 0 Å². The molecule has 1 atom stereocenters. The first-order valence-corrected chi connectivity index (χ1v) is 8.17. The Labute approximate surface area is 130 Å². The van der Waals surface area contributed by atoms with Crippen LogP contribution in [0, 0.1) is 0 Å². The van der Waals surface area contributed by atoms with E-state index < -0.39 is 0 Å². The van der Waals surface area contributed by atoms with E-state index in [2.05, 4.69) is 76.4 Å². The van der Waals surface area contributed by atoms with Crippen LogP contribution in [0.5, 0.6) is 0 Å². The van der Waals surface area contributed by atoms with Gasteiger partial charge in [-0.3, -0.25) is 0 Å². The summed E-state index contributed by atoms with van der Waals surface area (Å²) < 4.78 is 0. The molecule has 0 radical (unpaired) electrons. The largest absolute Gasteiger partial charge is 0.308 e. The Morgan fingerprint density at radius 1 is 1.14 bits per heavy atom. The normalized spacial score (nSPS) is 18.6. The van der Waals surface area contributed by atoms with Crippen LogP contribution in [0.25, 0.3) is 0 Å². The van der Waals surface area contributed by atoms with Gasteiger partial charge in [0, 0.05) is 11.5 Å². The number of hydrogen-bond donors (Lipinski definition) is 1. The Morgan fingerprint density at radius 2 is 1.86 bits per heavy atom. The number of hydrogen-bond acceptors (Lipinski definition) is 1. The lowest BCUT2D eigenvalue weighted by molar-refractivity contribution is 0.396. The second kappa shape index (κ2) is 6.62. The van der Waals surface area contributed by atoms with Crippen LogP contribution in [-0.4, -0.2) is 6.54 Å². The number of nitrogens with one attached hydrogen (secondary N) is 1. The zero-order chi connectivity index (χ0) is 15.5. The van der Waals surface area contributed by atoms with E-state index in [1.807, 2.05) is 0 Å². The quantitative estimate of drug-likeness (QED) is 0.698. The molecule has 0 aromatic heterocycles. The Morgan fingerprint density at radius 3 is 2.48 bits per heavy atom. The predicted molar refractivity (Wildman–Crippen MR) is 92.6 cm³/mol. The summed E-state index contributed by atoms with van der Waals surface area (Å²) in [4.78, 5) is 0. The summed E-state index contributed by atoms with van der Waals surface area (Å²) in [5.41, 5.74) is 5.76. The highest BCUT2D eigenvalue weighted by molar-refractivity contribution is 5.48. The van der Waals surface area contributed by atoms with Crippen molar-refractivity contribution in [2.24, 2.45) is 0 Å². The Bertz CT molecular complexity index is 549. The highest BCUT2D eigenvalue weighted by atomic mass is 14.9. The molecule has 0 heterocycles. The smallest absolute Gasteiger partial charge is 0.0380 e. The fourth-order valence-corrected chi connectivity index (χ4v) is 3.11. The van der Waals surface area contributed by atoms with Gasteiger partial charge in [0.1, 0.15) is 0 Å². The van der Waals surface area contributed by atoms with Gasteiger partial charge in [0.2, 0.25) is 0 Å². The summed E-state index contributed by atoms with van der Waals surface area (Å²) in [6, 6.07) is 8.89. The average Bonchev–Trinajstić information content (AvgIpc) is 2.79. The fourth-order valence-electron chi connectivity index (χ4n) is 3.11. The van der Waals surface area contributed by atoms with Gasteiger partial charge < -0.3 is 5.32 Å². The van der Waals surface area contributed by atoms with Gasteiger partial charge in [0.05, 0.1) is 0 Å². The molecule has 0 aliphatic heterocycles. The van der Waals surface area contributed by atoms with Crippen LogP contribution in [0.15, 0.2) is 47.6 Å². The molecule has 0 spiro atoms. The van der Waals surface area contributed by atoms with Crippen LogP contribution in [0.2, 0.25) is 0 Å². The zero-order valence-corrected chi connectivity index (χ0v) is 14.2. The summed E-state index contributed by atoms with van der Waals surface area (Å²) in [5.74, 6) is 0.438. The van der Waals surface area contributed by atoms with Crippen LogP contribution < -0.4 is 5.32 Å². The first-order valence-electron chi connectivity index (χ1n) is 8.17. The molecule has 1 nitrogen and oxygen atoms in total. The first kappa shape index (κ1) is 16.0. The predicted octanol–water partition coefficient (Wildman–Crippen LogP) is 5.30. The summed E-state index contributed by atoms with van der Waals surface area (Å²) in [6.45, 7) is 12.4. The summed E-state index contributed by atoms with van der Waals surface area (Å²) in [6.07, 6.45) is 7.06. The second-order valence-electron chi connectivity index (χ2n) is 6.70. The summed E-state index contributed by atoms with van der Waals surface area (Å²) >= 11 is 0. The molecule has 1 N–H and O–H groups in total. The highest BCUT2D eigenvalue weighted by Gasteiger charge is 2.27. The van der Waals surface area contributed by atoms with Crippen LogP contribution in [0.3, 0.4) is 0 Å². The molecular formula is C20H29N. The van der Waals surface area contributed by atoms with Gasteiger partial charge in [-0.1, -0.05) is 60.9 Å². The van der Waals surface area contributed by atoms with Crippen molar-refractivity contribution < 1.29 is 0 Å². The van der Waals surface area contributed by atoms with E-state index in [9.17, 15) is 0 Å². The molecular weight excluding hydrogens is 254 g/mol. The van der Waals surface area contributed by atoms with Crippen LogP contribution in [0.4, 0.5) is 0 Å². The first-order chi connectivity index (χ1) is 9.97. The van der Waals surface area contributed by atoms with Gasteiger partial charge in [-0.05, 0) is 51.8 Å². The van der Waals surface area contributed by atoms with E-state index in [-0.39, 0.29) is 5.54 Å². The van der Waals surface area contributed by atoms with E-state index in [1.165, 1.54) is 35.1 Å². The molecule has 114 valence electrons. The maximum atomic E-state index is 3.73. The third-order valence-electron chi connectivity index (χ3n) is 4.69. The van der Waals surface area contributed by atoms with Crippen molar-refractivity contribution in [2.75, 3.05) is 6.54 Å². The van der Waals surface area contributed by atoms with Gasteiger partial charge in [0.15, 0.2) is 0 Å². The van der Waals surface area contributed by atoms with E-state index >= 15 is 0 Å². The zero-order valence-electron chi connectivity index (χ0n) is 14.2. The third kappa shape index (κ3) is 3.47. The third-order valence-corrected chi connectivity index (χ3v) is 4.69. The minimum Gasteiger partial charge on any atom is -0.308 e. The van der Waals surface area contributed by atoms with Gasteiger partial charge in [-0.15, -0.1) is 0 Å². The molecule has 1 aromatic rings. The van der Waals surface area contributed by atoms with E-state index in [0.717, 1.165) is 6.54 Å². The SMILES string of the molecule is CCCCNC(C)(C)c1ccccc1C1C=CC(C)=C1C. The van der Waals surface area contributed by atoms with Crippen molar-refractivity contribution in [3.8, 4) is 0 Å². The standard InChI is InChI=1S/C20H29N/c1-6-7-14-21-20(4,5)19-11-9-8-10-18(19)17-13-12-15(2)16(17)3/h8-13,17,21H,6-7,14H2,1-5H3. The summed E-state index contributed by atoms with van der Waals surface area (Å²) in [5, 5.41) is 3.73. The van der Waals surface area contributed by atoms with E-state index in [4.69, 9.17) is 0 Å². The van der Waals surface area contributed by atoms with Gasteiger partial charge in [-0.2, -0.15) is 0 Å². The topological polar surface area (TPSA) is 12.0 Å². The monoisotopic (exact) mass is 283 g/mol. The fraction of sp³-hybridized carbons (Fsp3) is 0.500. The lowest BCUT2D eigenvalue weighted by Crippen LogP contribution is -2.38. The van der Waals surface area contributed by atoms with Gasteiger partial charge in [0.25, 0.3) is 0 Å². The van der Waals surface area contributed by atoms with Crippen LogP contribution >= 0.6 is 0 Å². The van der Waals surface area contributed by atoms with Crippen molar-refractivity contribution in [3.63, 3.8) is 0 Å². The average molecular weight is 283 g/mol.